The third-order valence-electron chi connectivity index (χ3n) is 4.32. The maximum atomic E-state index is 12.0. The van der Waals surface area contributed by atoms with E-state index in [1.807, 2.05) is 19.1 Å². The minimum atomic E-state index is -0.771. The summed E-state index contributed by atoms with van der Waals surface area (Å²) in [4.78, 5) is 12.0. The van der Waals surface area contributed by atoms with Gasteiger partial charge in [0.15, 0.2) is 0 Å². The highest BCUT2D eigenvalue weighted by Crippen LogP contribution is 2.39. The Balaban J connectivity index is 3.02. The molecule has 0 aliphatic heterocycles. The van der Waals surface area contributed by atoms with Gasteiger partial charge in [0.05, 0.1) is 0 Å². The topological polar surface area (TPSA) is 69.6 Å². The van der Waals surface area contributed by atoms with E-state index in [0.717, 1.165) is 23.1 Å². The largest absolute Gasteiger partial charge is 0.507 e. The Morgan fingerprint density at radius 2 is 1.56 bits per heavy atom. The number of amides is 1. The summed E-state index contributed by atoms with van der Waals surface area (Å²) in [5.41, 5.74) is 2.48. The maximum absolute atomic E-state index is 12.0. The van der Waals surface area contributed by atoms with E-state index in [-0.39, 0.29) is 16.7 Å². The molecule has 0 bridgehead atoms. The standard InChI is InChI=1S/C21H35NO3/c1-8-9-17(23)22-18(24)11-10-14-12-15(20(2,3)4)19(25)16(13-14)21(5,6)7/h12-13,17,23,25H,8-11H2,1-7H3,(H,22,24). The Bertz CT molecular complexity index is 559. The first-order chi connectivity index (χ1) is 11.4. The molecule has 1 aromatic carbocycles. The summed E-state index contributed by atoms with van der Waals surface area (Å²) in [6.07, 6.45) is 1.51. The van der Waals surface area contributed by atoms with Crippen molar-refractivity contribution >= 4 is 5.91 Å². The molecule has 1 atom stereocenters. The summed E-state index contributed by atoms with van der Waals surface area (Å²) in [5.74, 6) is 0.204. The molecular formula is C21H35NO3. The quantitative estimate of drug-likeness (QED) is 0.676. The molecule has 1 aromatic rings. The molecule has 4 heteroatoms. The molecule has 1 rings (SSSR count). The number of rotatable bonds is 6. The molecule has 0 saturated carbocycles. The highest BCUT2D eigenvalue weighted by Gasteiger charge is 2.26. The average Bonchev–Trinajstić information content (AvgIpc) is 2.43. The van der Waals surface area contributed by atoms with Gasteiger partial charge in [-0.15, -0.1) is 0 Å². The number of nitrogens with one attached hydrogen (secondary N) is 1. The summed E-state index contributed by atoms with van der Waals surface area (Å²) in [5, 5.41) is 23.0. The van der Waals surface area contributed by atoms with E-state index in [0.29, 0.717) is 25.0 Å². The smallest absolute Gasteiger partial charge is 0.222 e. The number of hydrogen-bond donors (Lipinski definition) is 3. The van der Waals surface area contributed by atoms with Gasteiger partial charge in [-0.2, -0.15) is 0 Å². The highest BCUT2D eigenvalue weighted by molar-refractivity contribution is 5.76. The zero-order chi connectivity index (χ0) is 19.4. The first-order valence-corrected chi connectivity index (χ1v) is 9.20. The minimum absolute atomic E-state index is 0.149. The second kappa shape index (κ2) is 8.22. The van der Waals surface area contributed by atoms with Crippen molar-refractivity contribution in [1.82, 2.24) is 5.32 Å². The Morgan fingerprint density at radius 1 is 1.08 bits per heavy atom. The molecule has 1 amide bonds. The molecular weight excluding hydrogens is 314 g/mol. The van der Waals surface area contributed by atoms with Gasteiger partial charge < -0.3 is 15.5 Å². The number of phenolic OH excluding ortho intramolecular Hbond substituents is 1. The normalized spacial score (nSPS) is 13.6. The van der Waals surface area contributed by atoms with Gasteiger partial charge in [-0.1, -0.05) is 67.0 Å². The van der Waals surface area contributed by atoms with Crippen LogP contribution >= 0.6 is 0 Å². The van der Waals surface area contributed by atoms with E-state index in [4.69, 9.17) is 0 Å². The molecule has 0 aromatic heterocycles. The average molecular weight is 350 g/mol. The Labute approximate surface area is 152 Å². The van der Waals surface area contributed by atoms with E-state index < -0.39 is 6.23 Å². The van der Waals surface area contributed by atoms with Crippen LogP contribution in [0.2, 0.25) is 0 Å². The van der Waals surface area contributed by atoms with Crippen molar-refractivity contribution in [2.75, 3.05) is 0 Å². The van der Waals surface area contributed by atoms with Crippen molar-refractivity contribution in [3.63, 3.8) is 0 Å². The molecule has 0 aliphatic carbocycles. The van der Waals surface area contributed by atoms with E-state index >= 15 is 0 Å². The molecule has 4 nitrogen and oxygen atoms in total. The second-order valence-corrected chi connectivity index (χ2v) is 8.91. The van der Waals surface area contributed by atoms with Gasteiger partial charge in [0.25, 0.3) is 0 Å². The lowest BCUT2D eigenvalue weighted by atomic mass is 9.78. The minimum Gasteiger partial charge on any atom is -0.507 e. The number of phenols is 1. The van der Waals surface area contributed by atoms with Gasteiger partial charge in [0.2, 0.25) is 5.91 Å². The third kappa shape index (κ3) is 6.35. The van der Waals surface area contributed by atoms with E-state index in [2.05, 4.69) is 46.9 Å². The number of aliphatic hydroxyl groups is 1. The van der Waals surface area contributed by atoms with Crippen LogP contribution in [-0.2, 0) is 22.0 Å². The summed E-state index contributed by atoms with van der Waals surface area (Å²) in [6.45, 7) is 14.4. The maximum Gasteiger partial charge on any atom is 0.222 e. The number of aryl methyl sites for hydroxylation is 1. The van der Waals surface area contributed by atoms with Crippen LogP contribution in [0.3, 0.4) is 0 Å². The number of aliphatic hydroxyl groups excluding tert-OH is 1. The zero-order valence-electron chi connectivity index (χ0n) is 16.9. The first kappa shape index (κ1) is 21.5. The summed E-state index contributed by atoms with van der Waals surface area (Å²) in [7, 11) is 0. The molecule has 0 fully saturated rings. The van der Waals surface area contributed by atoms with Crippen LogP contribution in [0.15, 0.2) is 12.1 Å². The van der Waals surface area contributed by atoms with Crippen molar-refractivity contribution in [3.05, 3.63) is 28.8 Å². The molecule has 142 valence electrons. The van der Waals surface area contributed by atoms with Crippen LogP contribution in [0.25, 0.3) is 0 Å². The van der Waals surface area contributed by atoms with Crippen molar-refractivity contribution in [2.24, 2.45) is 0 Å². The van der Waals surface area contributed by atoms with Gasteiger partial charge in [-0.05, 0) is 40.4 Å². The number of aromatic hydroxyl groups is 1. The number of hydrogen-bond acceptors (Lipinski definition) is 3. The molecule has 3 N–H and O–H groups in total. The lowest BCUT2D eigenvalue weighted by Gasteiger charge is -2.28. The molecule has 0 radical (unpaired) electrons. The molecule has 1 unspecified atom stereocenters. The van der Waals surface area contributed by atoms with Gasteiger partial charge in [-0.3, -0.25) is 4.79 Å². The molecule has 0 saturated heterocycles. The summed E-state index contributed by atoms with van der Waals surface area (Å²) in [6, 6.07) is 4.00. The predicted octanol–water partition coefficient (Wildman–Crippen LogP) is 4.15. The Morgan fingerprint density at radius 3 is 1.96 bits per heavy atom. The second-order valence-electron chi connectivity index (χ2n) is 8.91. The van der Waals surface area contributed by atoms with Crippen LogP contribution in [0.5, 0.6) is 5.75 Å². The van der Waals surface area contributed by atoms with Gasteiger partial charge >= 0.3 is 0 Å². The zero-order valence-corrected chi connectivity index (χ0v) is 16.9. The summed E-state index contributed by atoms with van der Waals surface area (Å²) < 4.78 is 0. The van der Waals surface area contributed by atoms with Crippen molar-refractivity contribution < 1.29 is 15.0 Å². The fourth-order valence-corrected chi connectivity index (χ4v) is 2.84. The Hall–Kier alpha value is -1.55. The fraction of sp³-hybridized carbons (Fsp3) is 0.667. The number of benzene rings is 1. The van der Waals surface area contributed by atoms with Crippen LogP contribution in [0, 0.1) is 0 Å². The monoisotopic (exact) mass is 349 g/mol. The lowest BCUT2D eigenvalue weighted by molar-refractivity contribution is -0.124. The number of carbonyl (C=O) groups excluding carboxylic acids is 1. The molecule has 0 spiro atoms. The Kier molecular flexibility index (Phi) is 7.07. The van der Waals surface area contributed by atoms with Gasteiger partial charge in [0.1, 0.15) is 12.0 Å². The van der Waals surface area contributed by atoms with Gasteiger partial charge in [-0.25, -0.2) is 0 Å². The van der Waals surface area contributed by atoms with Crippen LogP contribution in [0.1, 0.15) is 84.4 Å². The SMILES string of the molecule is CCCC(O)NC(=O)CCc1cc(C(C)(C)C)c(O)c(C(C)(C)C)c1. The van der Waals surface area contributed by atoms with Gasteiger partial charge in [0, 0.05) is 6.42 Å². The van der Waals surface area contributed by atoms with E-state index in [9.17, 15) is 15.0 Å². The summed E-state index contributed by atoms with van der Waals surface area (Å²) >= 11 is 0. The third-order valence-corrected chi connectivity index (χ3v) is 4.32. The fourth-order valence-electron chi connectivity index (χ4n) is 2.84. The number of carbonyl (C=O) groups is 1. The van der Waals surface area contributed by atoms with Crippen LogP contribution in [0.4, 0.5) is 0 Å². The van der Waals surface area contributed by atoms with Crippen LogP contribution < -0.4 is 5.32 Å². The van der Waals surface area contributed by atoms with Crippen molar-refractivity contribution in [3.8, 4) is 5.75 Å². The van der Waals surface area contributed by atoms with Crippen molar-refractivity contribution in [1.29, 1.82) is 0 Å². The van der Waals surface area contributed by atoms with Crippen molar-refractivity contribution in [2.45, 2.75) is 91.2 Å². The molecule has 0 heterocycles. The van der Waals surface area contributed by atoms with Crippen LogP contribution in [-0.4, -0.2) is 22.3 Å². The molecule has 0 aliphatic rings. The predicted molar refractivity (Wildman–Crippen MR) is 103 cm³/mol. The highest BCUT2D eigenvalue weighted by atomic mass is 16.3. The van der Waals surface area contributed by atoms with E-state index in [1.54, 1.807) is 0 Å². The molecule has 25 heavy (non-hydrogen) atoms. The lowest BCUT2D eigenvalue weighted by Crippen LogP contribution is -2.34. The first-order valence-electron chi connectivity index (χ1n) is 9.20. The van der Waals surface area contributed by atoms with E-state index in [1.165, 1.54) is 0 Å².